The third kappa shape index (κ3) is 3.00. The van der Waals surface area contributed by atoms with Crippen LogP contribution in [0.1, 0.15) is 12.5 Å². The number of H-pyrrole nitrogens is 1. The highest BCUT2D eigenvalue weighted by Gasteiger charge is 2.39. The Labute approximate surface area is 142 Å². The molecule has 3 nitrogen and oxygen atoms in total. The Morgan fingerprint density at radius 1 is 1.09 bits per heavy atom. The average molecular weight is 343 g/mol. The largest absolute Gasteiger partial charge is 0.354 e. The second-order valence-electron chi connectivity index (χ2n) is 6.88. The minimum atomic E-state index is -1.84. The van der Waals surface area contributed by atoms with Gasteiger partial charge in [-0.1, -0.05) is 17.7 Å². The third-order valence-electron chi connectivity index (χ3n) is 3.81. The summed E-state index contributed by atoms with van der Waals surface area (Å²) in [5.41, 5.74) is 1.96. The molecule has 23 heavy (non-hydrogen) atoms. The molecule has 2 aromatic carbocycles. The van der Waals surface area contributed by atoms with Crippen LogP contribution in [0.3, 0.4) is 0 Å². The standard InChI is InChI=1S/C18H19ClN2OSi/c1-18(20-2,22-23(3,4)5)12-6-8-14-15-11-13(19)7-9-16(15)21-17(14)10-12/h6-11,21H,1,3-5H3. The lowest BCUT2D eigenvalue weighted by Gasteiger charge is -2.26. The van der Waals surface area contributed by atoms with E-state index in [2.05, 4.69) is 29.5 Å². The lowest BCUT2D eigenvalue weighted by atomic mass is 10.0. The molecule has 0 saturated carbocycles. The first kappa shape index (κ1) is 16.1. The number of nitrogens with zero attached hydrogens (tertiary/aromatic N) is 1. The van der Waals surface area contributed by atoms with E-state index in [-0.39, 0.29) is 0 Å². The number of nitrogens with one attached hydrogen (secondary N) is 1. The molecule has 0 aliphatic heterocycles. The second-order valence-corrected chi connectivity index (χ2v) is 11.7. The Morgan fingerprint density at radius 2 is 1.83 bits per heavy atom. The first-order valence-corrected chi connectivity index (χ1v) is 11.3. The van der Waals surface area contributed by atoms with Gasteiger partial charge < -0.3 is 9.41 Å². The Bertz CT molecular complexity index is 936. The molecular formula is C18H19ClN2OSi. The van der Waals surface area contributed by atoms with Crippen molar-refractivity contribution in [1.82, 2.24) is 4.98 Å². The van der Waals surface area contributed by atoms with Crippen LogP contribution in [0.4, 0.5) is 0 Å². The predicted molar refractivity (Wildman–Crippen MR) is 99.2 cm³/mol. The number of halogens is 1. The van der Waals surface area contributed by atoms with Crippen molar-refractivity contribution in [2.24, 2.45) is 0 Å². The molecule has 0 saturated heterocycles. The van der Waals surface area contributed by atoms with Crippen molar-refractivity contribution in [3.05, 3.63) is 58.4 Å². The zero-order chi connectivity index (χ0) is 16.8. The molecule has 118 valence electrons. The third-order valence-corrected chi connectivity index (χ3v) is 5.06. The lowest BCUT2D eigenvalue weighted by molar-refractivity contribution is 0.130. The van der Waals surface area contributed by atoms with Crippen LogP contribution >= 0.6 is 11.6 Å². The minimum absolute atomic E-state index is 0.718. The number of hydrogen-bond acceptors (Lipinski definition) is 1. The Hall–Kier alpha value is -1.80. The summed E-state index contributed by atoms with van der Waals surface area (Å²) in [6, 6.07) is 11.8. The van der Waals surface area contributed by atoms with Gasteiger partial charge in [0.2, 0.25) is 0 Å². The number of benzene rings is 2. The van der Waals surface area contributed by atoms with E-state index in [0.29, 0.717) is 0 Å². The van der Waals surface area contributed by atoms with Gasteiger partial charge in [0.1, 0.15) is 0 Å². The van der Waals surface area contributed by atoms with Gasteiger partial charge in [0, 0.05) is 33.8 Å². The molecule has 0 fully saturated rings. The first-order chi connectivity index (χ1) is 10.7. The summed E-state index contributed by atoms with van der Waals surface area (Å²) in [5, 5.41) is 2.91. The molecular weight excluding hydrogens is 324 g/mol. The molecule has 0 aliphatic rings. The maximum absolute atomic E-state index is 7.61. The van der Waals surface area contributed by atoms with Gasteiger partial charge >= 0.3 is 5.72 Å². The molecule has 0 amide bonds. The van der Waals surface area contributed by atoms with Gasteiger partial charge in [0.15, 0.2) is 8.32 Å². The second kappa shape index (κ2) is 5.38. The van der Waals surface area contributed by atoms with E-state index in [1.54, 1.807) is 0 Å². The monoisotopic (exact) mass is 342 g/mol. The van der Waals surface area contributed by atoms with E-state index in [4.69, 9.17) is 22.6 Å². The van der Waals surface area contributed by atoms with Gasteiger partial charge in [-0.25, -0.2) is 6.57 Å². The normalized spacial score (nSPS) is 14.8. The number of hydrogen-bond donors (Lipinski definition) is 1. The molecule has 0 bridgehead atoms. The van der Waals surface area contributed by atoms with E-state index in [0.717, 1.165) is 32.4 Å². The molecule has 5 heteroatoms. The zero-order valence-corrected chi connectivity index (χ0v) is 15.5. The van der Waals surface area contributed by atoms with Gasteiger partial charge in [-0.15, -0.1) is 0 Å². The summed E-state index contributed by atoms with van der Waals surface area (Å²) >= 11 is 6.11. The Balaban J connectivity index is 2.16. The quantitative estimate of drug-likeness (QED) is 0.464. The highest BCUT2D eigenvalue weighted by atomic mass is 35.5. The van der Waals surface area contributed by atoms with Crippen molar-refractivity contribution < 1.29 is 4.43 Å². The Kier molecular flexibility index (Phi) is 3.76. The van der Waals surface area contributed by atoms with Gasteiger partial charge in [-0.3, -0.25) is 4.85 Å². The SMILES string of the molecule is [C-]#[N+]C(C)(O[Si](C)(C)C)c1ccc2c(c1)[nH]c1ccc(Cl)cc12. The lowest BCUT2D eigenvalue weighted by Crippen LogP contribution is -2.36. The van der Waals surface area contributed by atoms with Crippen molar-refractivity contribution in [2.75, 3.05) is 0 Å². The maximum Gasteiger partial charge on any atom is 0.352 e. The number of aromatic amines is 1. The molecule has 1 unspecified atom stereocenters. The van der Waals surface area contributed by atoms with Crippen LogP contribution in [0.25, 0.3) is 26.7 Å². The van der Waals surface area contributed by atoms with Crippen LogP contribution in [0.15, 0.2) is 36.4 Å². The van der Waals surface area contributed by atoms with Crippen molar-refractivity contribution in [3.63, 3.8) is 0 Å². The fourth-order valence-corrected chi connectivity index (χ4v) is 4.43. The van der Waals surface area contributed by atoms with E-state index in [1.165, 1.54) is 0 Å². The maximum atomic E-state index is 7.61. The number of rotatable bonds is 3. The van der Waals surface area contributed by atoms with Crippen LogP contribution in [0.5, 0.6) is 0 Å². The highest BCUT2D eigenvalue weighted by molar-refractivity contribution is 6.69. The van der Waals surface area contributed by atoms with Crippen molar-refractivity contribution in [2.45, 2.75) is 32.3 Å². The molecule has 1 heterocycles. The van der Waals surface area contributed by atoms with Crippen LogP contribution in [0, 0.1) is 6.57 Å². The zero-order valence-electron chi connectivity index (χ0n) is 13.7. The Morgan fingerprint density at radius 3 is 2.48 bits per heavy atom. The van der Waals surface area contributed by atoms with Crippen molar-refractivity contribution in [3.8, 4) is 0 Å². The first-order valence-electron chi connectivity index (χ1n) is 7.52. The predicted octanol–water partition coefficient (Wildman–Crippen LogP) is 5.92. The van der Waals surface area contributed by atoms with Crippen LogP contribution < -0.4 is 0 Å². The summed E-state index contributed by atoms with van der Waals surface area (Å²) in [5.74, 6) is 0. The molecule has 1 atom stereocenters. The molecule has 0 spiro atoms. The molecule has 0 aliphatic carbocycles. The number of fused-ring (bicyclic) bond motifs is 3. The molecule has 3 aromatic rings. The van der Waals surface area contributed by atoms with Crippen LogP contribution in [0.2, 0.25) is 24.7 Å². The van der Waals surface area contributed by atoms with Gasteiger partial charge in [-0.2, -0.15) is 0 Å². The fraction of sp³-hybridized carbons (Fsp3) is 0.278. The van der Waals surface area contributed by atoms with Gasteiger partial charge in [0.25, 0.3) is 0 Å². The summed E-state index contributed by atoms with van der Waals surface area (Å²) in [4.78, 5) is 7.18. The molecule has 0 radical (unpaired) electrons. The minimum Gasteiger partial charge on any atom is -0.354 e. The van der Waals surface area contributed by atoms with E-state index >= 15 is 0 Å². The van der Waals surface area contributed by atoms with Crippen LogP contribution in [-0.4, -0.2) is 13.3 Å². The smallest absolute Gasteiger partial charge is 0.352 e. The van der Waals surface area contributed by atoms with Crippen molar-refractivity contribution in [1.29, 1.82) is 0 Å². The molecule has 1 N–H and O–H groups in total. The molecule has 3 rings (SSSR count). The van der Waals surface area contributed by atoms with Crippen LogP contribution in [-0.2, 0) is 10.2 Å². The van der Waals surface area contributed by atoms with Gasteiger partial charge in [0.05, 0.1) is 5.56 Å². The summed E-state index contributed by atoms with van der Waals surface area (Å²) < 4.78 is 6.15. The summed E-state index contributed by atoms with van der Waals surface area (Å²) in [6.45, 7) is 15.7. The van der Waals surface area contributed by atoms with E-state index in [9.17, 15) is 0 Å². The molecule has 1 aromatic heterocycles. The average Bonchev–Trinajstić information content (AvgIpc) is 2.82. The highest BCUT2D eigenvalue weighted by Crippen LogP contribution is 2.35. The number of aromatic nitrogens is 1. The summed E-state index contributed by atoms with van der Waals surface area (Å²) in [7, 11) is -1.84. The topological polar surface area (TPSA) is 29.4 Å². The van der Waals surface area contributed by atoms with Gasteiger partial charge in [-0.05, 0) is 50.0 Å². The van der Waals surface area contributed by atoms with E-state index in [1.807, 2.05) is 43.3 Å². The fourth-order valence-electron chi connectivity index (χ4n) is 2.91. The van der Waals surface area contributed by atoms with Crippen molar-refractivity contribution >= 4 is 41.7 Å². The summed E-state index contributed by atoms with van der Waals surface area (Å²) in [6.07, 6.45) is 0. The van der Waals surface area contributed by atoms with E-state index < -0.39 is 14.0 Å².